The maximum Gasteiger partial charge on any atom is 0.339 e. The summed E-state index contributed by atoms with van der Waals surface area (Å²) in [5, 5.41) is 4.89. The van der Waals surface area contributed by atoms with Gasteiger partial charge in [0.15, 0.2) is 12.3 Å². The first-order valence-electron chi connectivity index (χ1n) is 8.94. The van der Waals surface area contributed by atoms with Crippen LogP contribution in [0.25, 0.3) is 22.3 Å². The molecule has 8 heteroatoms. The number of aromatic nitrogens is 3. The zero-order valence-corrected chi connectivity index (χ0v) is 17.0. The van der Waals surface area contributed by atoms with Gasteiger partial charge < -0.3 is 4.74 Å². The zero-order chi connectivity index (χ0) is 20.4. The van der Waals surface area contributed by atoms with Crippen LogP contribution in [-0.4, -0.2) is 33.1 Å². The molecule has 0 amide bonds. The Kier molecular flexibility index (Phi) is 5.42. The summed E-state index contributed by atoms with van der Waals surface area (Å²) in [7, 11) is 0. The van der Waals surface area contributed by atoms with Gasteiger partial charge in [0.1, 0.15) is 0 Å². The fourth-order valence-electron chi connectivity index (χ4n) is 2.95. The van der Waals surface area contributed by atoms with Gasteiger partial charge in [0.05, 0.1) is 32.1 Å². The molecule has 0 bridgehead atoms. The molecule has 29 heavy (non-hydrogen) atoms. The highest BCUT2D eigenvalue weighted by molar-refractivity contribution is 7.18. The van der Waals surface area contributed by atoms with Gasteiger partial charge in [0.25, 0.3) is 0 Å². The van der Waals surface area contributed by atoms with Crippen LogP contribution < -0.4 is 0 Å². The van der Waals surface area contributed by atoms with Gasteiger partial charge in [0, 0.05) is 12.1 Å². The van der Waals surface area contributed by atoms with E-state index in [4.69, 9.17) is 16.3 Å². The molecule has 0 aliphatic rings. The molecule has 0 unspecified atom stereocenters. The Morgan fingerprint density at radius 1 is 1.17 bits per heavy atom. The number of benzene rings is 1. The first kappa shape index (κ1) is 19.3. The largest absolute Gasteiger partial charge is 0.454 e. The first-order chi connectivity index (χ1) is 14.1. The lowest BCUT2D eigenvalue weighted by Gasteiger charge is -2.08. The van der Waals surface area contributed by atoms with E-state index in [1.165, 1.54) is 0 Å². The van der Waals surface area contributed by atoms with Crippen molar-refractivity contribution in [2.75, 3.05) is 6.61 Å². The Balaban J connectivity index is 1.67. The highest BCUT2D eigenvalue weighted by atomic mass is 35.5. The van der Waals surface area contributed by atoms with Crippen molar-refractivity contribution in [1.29, 1.82) is 0 Å². The number of hydrogen-bond acceptors (Lipinski definition) is 6. The van der Waals surface area contributed by atoms with Gasteiger partial charge in [-0.15, -0.1) is 11.3 Å². The minimum Gasteiger partial charge on any atom is -0.454 e. The molecule has 4 aromatic rings. The van der Waals surface area contributed by atoms with Crippen LogP contribution in [0.15, 0.2) is 54.7 Å². The summed E-state index contributed by atoms with van der Waals surface area (Å²) in [5.41, 5.74) is 2.43. The summed E-state index contributed by atoms with van der Waals surface area (Å²) < 4.78 is 7.53. The van der Waals surface area contributed by atoms with Crippen LogP contribution in [0.1, 0.15) is 27.0 Å². The second-order valence-corrected chi connectivity index (χ2v) is 7.94. The molecule has 0 spiro atoms. The van der Waals surface area contributed by atoms with E-state index >= 15 is 0 Å². The summed E-state index contributed by atoms with van der Waals surface area (Å²) in [4.78, 5) is 30.2. The van der Waals surface area contributed by atoms with Crippen LogP contribution in [0, 0.1) is 0 Å². The average molecular weight is 426 g/mol. The number of thiophene rings is 1. The third kappa shape index (κ3) is 3.92. The molecule has 0 fully saturated rings. The smallest absolute Gasteiger partial charge is 0.339 e. The van der Waals surface area contributed by atoms with Crippen molar-refractivity contribution in [3.8, 4) is 11.3 Å². The predicted octanol–water partition coefficient (Wildman–Crippen LogP) is 4.87. The zero-order valence-electron chi connectivity index (χ0n) is 15.5. The van der Waals surface area contributed by atoms with Gasteiger partial charge in [-0.25, -0.2) is 14.5 Å². The molecule has 146 valence electrons. The number of carbonyl (C=O) groups excluding carboxylic acids is 2. The molecule has 3 aromatic heterocycles. The van der Waals surface area contributed by atoms with Gasteiger partial charge >= 0.3 is 5.97 Å². The van der Waals surface area contributed by atoms with Gasteiger partial charge in [-0.3, -0.25) is 4.79 Å². The van der Waals surface area contributed by atoms with Crippen molar-refractivity contribution in [2.45, 2.75) is 13.5 Å². The van der Waals surface area contributed by atoms with Crippen LogP contribution in [0.4, 0.5) is 0 Å². The molecular formula is C21H16ClN3O3S. The van der Waals surface area contributed by atoms with Crippen molar-refractivity contribution in [3.05, 3.63) is 69.5 Å². The highest BCUT2D eigenvalue weighted by Gasteiger charge is 2.20. The van der Waals surface area contributed by atoms with E-state index in [-0.39, 0.29) is 12.4 Å². The Morgan fingerprint density at radius 2 is 1.97 bits per heavy atom. The molecule has 0 aliphatic carbocycles. The lowest BCUT2D eigenvalue weighted by molar-refractivity contribution is 0.0478. The molecule has 0 saturated carbocycles. The molecule has 4 rings (SSSR count). The number of aryl methyl sites for hydroxylation is 1. The van der Waals surface area contributed by atoms with E-state index in [0.29, 0.717) is 38.0 Å². The van der Waals surface area contributed by atoms with E-state index in [1.807, 2.05) is 37.3 Å². The normalized spacial score (nSPS) is 11.0. The lowest BCUT2D eigenvalue weighted by atomic mass is 10.1. The monoisotopic (exact) mass is 425 g/mol. The number of ketones is 1. The topological polar surface area (TPSA) is 74.1 Å². The molecule has 0 atom stereocenters. The van der Waals surface area contributed by atoms with E-state index in [1.54, 1.807) is 29.1 Å². The Hall–Kier alpha value is -3.03. The standard InChI is InChI=1S/C21H16ClN3O3S/c1-2-25-20-15(11-23-25)14(10-16(24-20)13-6-4-3-5-7-13)21(27)28-12-17(26)18-8-9-19(22)29-18/h3-11H,2,12H2,1H3. The maximum absolute atomic E-state index is 12.8. The number of fused-ring (bicyclic) bond motifs is 1. The van der Waals surface area contributed by atoms with Crippen LogP contribution in [0.5, 0.6) is 0 Å². The van der Waals surface area contributed by atoms with Gasteiger partial charge in [0.2, 0.25) is 5.78 Å². The van der Waals surface area contributed by atoms with Crippen molar-refractivity contribution < 1.29 is 14.3 Å². The maximum atomic E-state index is 12.8. The Labute approximate surface area is 175 Å². The fourth-order valence-corrected chi connectivity index (χ4v) is 3.92. The molecule has 1 aromatic carbocycles. The molecule has 6 nitrogen and oxygen atoms in total. The van der Waals surface area contributed by atoms with Crippen LogP contribution in [0.2, 0.25) is 4.34 Å². The molecule has 0 saturated heterocycles. The van der Waals surface area contributed by atoms with E-state index in [9.17, 15) is 9.59 Å². The Bertz CT molecular complexity index is 1200. The number of halogens is 1. The van der Waals surface area contributed by atoms with Crippen LogP contribution in [-0.2, 0) is 11.3 Å². The Morgan fingerprint density at radius 3 is 2.66 bits per heavy atom. The van der Waals surface area contributed by atoms with Crippen LogP contribution in [0.3, 0.4) is 0 Å². The molecule has 0 radical (unpaired) electrons. The van der Waals surface area contributed by atoms with Crippen molar-refractivity contribution in [3.63, 3.8) is 0 Å². The average Bonchev–Trinajstić information content (AvgIpc) is 3.37. The quantitative estimate of drug-likeness (QED) is 0.325. The van der Waals surface area contributed by atoms with Gasteiger partial charge in [-0.05, 0) is 25.1 Å². The van der Waals surface area contributed by atoms with Gasteiger partial charge in [-0.1, -0.05) is 41.9 Å². The van der Waals surface area contributed by atoms with E-state index in [0.717, 1.165) is 16.9 Å². The SMILES string of the molecule is CCn1ncc2c(C(=O)OCC(=O)c3ccc(Cl)s3)cc(-c3ccccc3)nc21. The minimum atomic E-state index is -0.596. The number of pyridine rings is 1. The third-order valence-corrected chi connectivity index (χ3v) is 5.65. The van der Waals surface area contributed by atoms with Gasteiger partial charge in [-0.2, -0.15) is 5.10 Å². The summed E-state index contributed by atoms with van der Waals surface area (Å²) in [6, 6.07) is 14.5. The third-order valence-electron chi connectivity index (χ3n) is 4.38. The number of hydrogen-bond donors (Lipinski definition) is 0. The highest BCUT2D eigenvalue weighted by Crippen LogP contribution is 2.26. The van der Waals surface area contributed by atoms with Crippen LogP contribution >= 0.6 is 22.9 Å². The van der Waals surface area contributed by atoms with Crippen molar-refractivity contribution >= 4 is 45.7 Å². The number of carbonyl (C=O) groups is 2. The lowest BCUT2D eigenvalue weighted by Crippen LogP contribution is -2.14. The number of ether oxygens (including phenoxy) is 1. The second-order valence-electron chi connectivity index (χ2n) is 6.22. The number of esters is 1. The van der Waals surface area contributed by atoms with E-state index in [2.05, 4.69) is 10.1 Å². The number of nitrogens with zero attached hydrogens (tertiary/aromatic N) is 3. The number of Topliss-reactive ketones (excluding diaryl/α,β-unsaturated/α-hetero) is 1. The molecular weight excluding hydrogens is 410 g/mol. The molecule has 0 aliphatic heterocycles. The summed E-state index contributed by atoms with van der Waals surface area (Å²) in [6.45, 7) is 2.20. The molecule has 3 heterocycles. The minimum absolute atomic E-state index is 0.298. The van der Waals surface area contributed by atoms with E-state index < -0.39 is 5.97 Å². The van der Waals surface area contributed by atoms with Crippen molar-refractivity contribution in [2.24, 2.45) is 0 Å². The summed E-state index contributed by atoms with van der Waals surface area (Å²) in [6.07, 6.45) is 1.60. The summed E-state index contributed by atoms with van der Waals surface area (Å²) in [5.74, 6) is -0.894. The number of rotatable bonds is 6. The fraction of sp³-hybridized carbons (Fsp3) is 0.143. The van der Waals surface area contributed by atoms with Crippen molar-refractivity contribution in [1.82, 2.24) is 14.8 Å². The summed E-state index contributed by atoms with van der Waals surface area (Å²) >= 11 is 7.02. The predicted molar refractivity (Wildman–Crippen MR) is 113 cm³/mol. The first-order valence-corrected chi connectivity index (χ1v) is 10.1. The molecule has 0 N–H and O–H groups in total. The second kappa shape index (κ2) is 8.14.